The van der Waals surface area contributed by atoms with E-state index in [0.29, 0.717) is 12.8 Å². The van der Waals surface area contributed by atoms with Crippen molar-refractivity contribution < 1.29 is 14.2 Å². The van der Waals surface area contributed by atoms with Crippen LogP contribution in [0.4, 0.5) is 0 Å². The highest BCUT2D eigenvalue weighted by Gasteiger charge is 2.18. The van der Waals surface area contributed by atoms with Crippen LogP contribution in [0.25, 0.3) is 0 Å². The van der Waals surface area contributed by atoms with E-state index in [1.165, 1.54) is 0 Å². The quantitative estimate of drug-likeness (QED) is 0.599. The van der Waals surface area contributed by atoms with E-state index in [2.05, 4.69) is 11.9 Å². The molecule has 0 unspecified atom stereocenters. The first kappa shape index (κ1) is 9.92. The van der Waals surface area contributed by atoms with E-state index < -0.39 is 0 Å². The van der Waals surface area contributed by atoms with Crippen LogP contribution in [0, 0.1) is 0 Å². The van der Waals surface area contributed by atoms with Gasteiger partial charge >= 0.3 is 0 Å². The SMILES string of the molecule is COCCN(C)C1COCOC1. The first-order valence-corrected chi connectivity index (χ1v) is 4.19. The molecule has 0 spiro atoms. The van der Waals surface area contributed by atoms with E-state index in [1.807, 2.05) is 0 Å². The van der Waals surface area contributed by atoms with Crippen LogP contribution >= 0.6 is 0 Å². The summed E-state index contributed by atoms with van der Waals surface area (Å²) in [6.07, 6.45) is 0. The van der Waals surface area contributed by atoms with E-state index in [-0.39, 0.29) is 0 Å². The van der Waals surface area contributed by atoms with Crippen molar-refractivity contribution in [1.82, 2.24) is 4.90 Å². The average Bonchev–Trinajstić information content (AvgIpc) is 2.15. The van der Waals surface area contributed by atoms with Gasteiger partial charge in [-0.15, -0.1) is 0 Å². The number of methoxy groups -OCH3 is 1. The largest absolute Gasteiger partial charge is 0.383 e. The Morgan fingerprint density at radius 1 is 1.42 bits per heavy atom. The van der Waals surface area contributed by atoms with Crippen molar-refractivity contribution in [3.05, 3.63) is 0 Å². The van der Waals surface area contributed by atoms with Crippen LogP contribution in [0.2, 0.25) is 0 Å². The Labute approximate surface area is 73.4 Å². The zero-order chi connectivity index (χ0) is 8.81. The van der Waals surface area contributed by atoms with Crippen molar-refractivity contribution in [2.24, 2.45) is 0 Å². The highest BCUT2D eigenvalue weighted by Crippen LogP contribution is 2.03. The summed E-state index contributed by atoms with van der Waals surface area (Å²) in [7, 11) is 3.77. The molecule has 0 amide bonds. The molecule has 0 atom stereocenters. The molecule has 1 aliphatic rings. The van der Waals surface area contributed by atoms with Gasteiger partial charge < -0.3 is 14.2 Å². The van der Waals surface area contributed by atoms with Crippen LogP contribution in [-0.2, 0) is 14.2 Å². The molecule has 0 N–H and O–H groups in total. The molecule has 0 radical (unpaired) electrons. The average molecular weight is 175 g/mol. The van der Waals surface area contributed by atoms with E-state index in [1.54, 1.807) is 7.11 Å². The second-order valence-electron chi connectivity index (χ2n) is 2.99. The van der Waals surface area contributed by atoms with Crippen LogP contribution in [0.1, 0.15) is 0 Å². The summed E-state index contributed by atoms with van der Waals surface area (Å²) in [6.45, 7) is 3.65. The third kappa shape index (κ3) is 3.06. The minimum atomic E-state index is 0.383. The molecule has 0 aromatic heterocycles. The van der Waals surface area contributed by atoms with Crippen LogP contribution in [-0.4, -0.2) is 58.3 Å². The Bertz CT molecular complexity index is 115. The summed E-state index contributed by atoms with van der Waals surface area (Å²) in [5.74, 6) is 0. The zero-order valence-corrected chi connectivity index (χ0v) is 7.78. The third-order valence-corrected chi connectivity index (χ3v) is 2.06. The predicted molar refractivity (Wildman–Crippen MR) is 45.1 cm³/mol. The monoisotopic (exact) mass is 175 g/mol. The van der Waals surface area contributed by atoms with Gasteiger partial charge in [0.2, 0.25) is 0 Å². The Morgan fingerprint density at radius 3 is 2.67 bits per heavy atom. The fourth-order valence-electron chi connectivity index (χ4n) is 1.15. The number of rotatable bonds is 4. The molecule has 0 saturated carbocycles. The maximum absolute atomic E-state index is 5.18. The highest BCUT2D eigenvalue weighted by molar-refractivity contribution is 4.68. The van der Waals surface area contributed by atoms with E-state index >= 15 is 0 Å². The zero-order valence-electron chi connectivity index (χ0n) is 7.78. The summed E-state index contributed by atoms with van der Waals surface area (Å²) in [6, 6.07) is 0.383. The topological polar surface area (TPSA) is 30.9 Å². The van der Waals surface area contributed by atoms with Gasteiger partial charge in [0.15, 0.2) is 0 Å². The van der Waals surface area contributed by atoms with Crippen LogP contribution in [0.3, 0.4) is 0 Å². The summed E-state index contributed by atoms with van der Waals surface area (Å²) < 4.78 is 15.3. The number of hydrogen-bond acceptors (Lipinski definition) is 4. The summed E-state index contributed by atoms with van der Waals surface area (Å²) in [5.41, 5.74) is 0. The molecule has 12 heavy (non-hydrogen) atoms. The predicted octanol–water partition coefficient (Wildman–Crippen LogP) is -0.0625. The van der Waals surface area contributed by atoms with Gasteiger partial charge in [0.05, 0.1) is 25.9 Å². The molecule has 1 rings (SSSR count). The van der Waals surface area contributed by atoms with Crippen molar-refractivity contribution >= 4 is 0 Å². The molecule has 0 bridgehead atoms. The van der Waals surface area contributed by atoms with E-state index in [0.717, 1.165) is 26.4 Å². The maximum Gasteiger partial charge on any atom is 0.146 e. The van der Waals surface area contributed by atoms with Crippen molar-refractivity contribution in [3.8, 4) is 0 Å². The number of ether oxygens (including phenoxy) is 3. The van der Waals surface area contributed by atoms with Gasteiger partial charge in [0.1, 0.15) is 6.79 Å². The van der Waals surface area contributed by atoms with Gasteiger partial charge in [-0.1, -0.05) is 0 Å². The molecule has 0 aromatic rings. The molecule has 4 heteroatoms. The third-order valence-electron chi connectivity index (χ3n) is 2.06. The second-order valence-corrected chi connectivity index (χ2v) is 2.99. The molecule has 1 fully saturated rings. The maximum atomic E-state index is 5.18. The summed E-state index contributed by atoms with van der Waals surface area (Å²) in [5, 5.41) is 0. The Balaban J connectivity index is 2.15. The van der Waals surface area contributed by atoms with Crippen LogP contribution in [0.5, 0.6) is 0 Å². The lowest BCUT2D eigenvalue weighted by atomic mass is 10.3. The Morgan fingerprint density at radius 2 is 2.08 bits per heavy atom. The van der Waals surface area contributed by atoms with Crippen LogP contribution in [0.15, 0.2) is 0 Å². The molecule has 72 valence electrons. The standard InChI is InChI=1S/C8H17NO3/c1-9(3-4-10-2)8-5-11-7-12-6-8/h8H,3-7H2,1-2H3. The number of nitrogens with zero attached hydrogens (tertiary/aromatic N) is 1. The minimum Gasteiger partial charge on any atom is -0.383 e. The lowest BCUT2D eigenvalue weighted by Crippen LogP contribution is -2.43. The second kappa shape index (κ2) is 5.48. The molecular weight excluding hydrogens is 158 g/mol. The van der Waals surface area contributed by atoms with Crippen molar-refractivity contribution in [2.45, 2.75) is 6.04 Å². The molecular formula is C8H17NO3. The Kier molecular flexibility index (Phi) is 4.53. The Hall–Kier alpha value is -0.160. The van der Waals surface area contributed by atoms with E-state index in [9.17, 15) is 0 Å². The van der Waals surface area contributed by atoms with Crippen molar-refractivity contribution in [3.63, 3.8) is 0 Å². The first-order chi connectivity index (χ1) is 5.84. The fraction of sp³-hybridized carbons (Fsp3) is 1.00. The van der Waals surface area contributed by atoms with Gasteiger partial charge in [-0.2, -0.15) is 0 Å². The highest BCUT2D eigenvalue weighted by atomic mass is 16.7. The van der Waals surface area contributed by atoms with Crippen molar-refractivity contribution in [1.29, 1.82) is 0 Å². The lowest BCUT2D eigenvalue weighted by Gasteiger charge is -2.30. The first-order valence-electron chi connectivity index (χ1n) is 4.19. The molecule has 4 nitrogen and oxygen atoms in total. The van der Waals surface area contributed by atoms with E-state index in [4.69, 9.17) is 14.2 Å². The van der Waals surface area contributed by atoms with Crippen molar-refractivity contribution in [2.75, 3.05) is 47.3 Å². The molecule has 1 aliphatic heterocycles. The molecule has 0 aromatic carbocycles. The number of likely N-dealkylation sites (N-methyl/N-ethyl adjacent to an activating group) is 1. The normalized spacial score (nSPS) is 20.2. The smallest absolute Gasteiger partial charge is 0.146 e. The summed E-state index contributed by atoms with van der Waals surface area (Å²) >= 11 is 0. The molecule has 0 aliphatic carbocycles. The number of hydrogen-bond donors (Lipinski definition) is 0. The van der Waals surface area contributed by atoms with Gasteiger partial charge in [-0.05, 0) is 7.05 Å². The fourth-order valence-corrected chi connectivity index (χ4v) is 1.15. The van der Waals surface area contributed by atoms with Gasteiger partial charge in [-0.25, -0.2) is 0 Å². The van der Waals surface area contributed by atoms with Gasteiger partial charge in [-0.3, -0.25) is 4.90 Å². The van der Waals surface area contributed by atoms with Crippen LogP contribution < -0.4 is 0 Å². The van der Waals surface area contributed by atoms with Gasteiger partial charge in [0, 0.05) is 13.7 Å². The lowest BCUT2D eigenvalue weighted by molar-refractivity contribution is -0.133. The summed E-state index contributed by atoms with van der Waals surface area (Å²) in [4.78, 5) is 2.20. The van der Waals surface area contributed by atoms with Gasteiger partial charge in [0.25, 0.3) is 0 Å². The molecule has 1 saturated heterocycles. The minimum absolute atomic E-state index is 0.383. The molecule has 1 heterocycles.